The summed E-state index contributed by atoms with van der Waals surface area (Å²) >= 11 is 0. The Kier molecular flexibility index (Phi) is 11.2. The molecule has 2 aliphatic carbocycles. The molecule has 0 saturated heterocycles. The maximum absolute atomic E-state index is 4.00. The molecule has 0 aliphatic heterocycles. The van der Waals surface area contributed by atoms with E-state index in [2.05, 4.69) is 39.7 Å². The van der Waals surface area contributed by atoms with E-state index in [0.717, 1.165) is 23.7 Å². The van der Waals surface area contributed by atoms with Gasteiger partial charge in [-0.05, 0) is 56.3 Å². The van der Waals surface area contributed by atoms with Crippen molar-refractivity contribution < 1.29 is 0 Å². The maximum Gasteiger partial charge on any atom is -0.0203 e. The highest BCUT2D eigenvalue weighted by molar-refractivity contribution is 5.06. The van der Waals surface area contributed by atoms with Gasteiger partial charge in [-0.3, -0.25) is 0 Å². The van der Waals surface area contributed by atoms with E-state index in [0.29, 0.717) is 0 Å². The van der Waals surface area contributed by atoms with E-state index in [1.54, 1.807) is 5.57 Å². The van der Waals surface area contributed by atoms with E-state index in [9.17, 15) is 0 Å². The molecule has 0 heterocycles. The van der Waals surface area contributed by atoms with Crippen molar-refractivity contribution in [2.45, 2.75) is 104 Å². The normalized spacial score (nSPS) is 23.1. The summed E-state index contributed by atoms with van der Waals surface area (Å²) in [6.45, 7) is 7.29. The van der Waals surface area contributed by atoms with Crippen molar-refractivity contribution in [1.29, 1.82) is 0 Å². The SMILES string of the molecule is C#C.CCCC(/C=C(/C)C(C)CC1CCCCC1)C1CCCCC1. The van der Waals surface area contributed by atoms with E-state index in [1.807, 2.05) is 0 Å². The average molecular weight is 331 g/mol. The second-order valence-electron chi connectivity index (χ2n) is 8.40. The van der Waals surface area contributed by atoms with Crippen LogP contribution in [0, 0.1) is 36.5 Å². The smallest absolute Gasteiger partial charge is 0.0203 e. The predicted octanol–water partition coefficient (Wildman–Crippen LogP) is 7.79. The fourth-order valence-corrected chi connectivity index (χ4v) is 4.96. The lowest BCUT2D eigenvalue weighted by Gasteiger charge is -2.30. The van der Waals surface area contributed by atoms with E-state index in [1.165, 1.54) is 83.5 Å². The van der Waals surface area contributed by atoms with Crippen molar-refractivity contribution >= 4 is 0 Å². The van der Waals surface area contributed by atoms with Crippen molar-refractivity contribution in [2.75, 3.05) is 0 Å². The summed E-state index contributed by atoms with van der Waals surface area (Å²) in [6, 6.07) is 0. The molecule has 138 valence electrons. The first-order valence-electron chi connectivity index (χ1n) is 10.7. The van der Waals surface area contributed by atoms with Crippen LogP contribution in [0.15, 0.2) is 11.6 Å². The lowest BCUT2D eigenvalue weighted by atomic mass is 9.76. The van der Waals surface area contributed by atoms with Crippen LogP contribution >= 0.6 is 0 Å². The summed E-state index contributed by atoms with van der Waals surface area (Å²) in [7, 11) is 0. The van der Waals surface area contributed by atoms with Crippen molar-refractivity contribution in [3.63, 3.8) is 0 Å². The van der Waals surface area contributed by atoms with Gasteiger partial charge in [-0.2, -0.15) is 0 Å². The van der Waals surface area contributed by atoms with Crippen molar-refractivity contribution in [1.82, 2.24) is 0 Å². The van der Waals surface area contributed by atoms with Crippen molar-refractivity contribution in [3.8, 4) is 12.8 Å². The zero-order chi connectivity index (χ0) is 17.8. The molecule has 0 amide bonds. The van der Waals surface area contributed by atoms with Crippen LogP contribution in [0.3, 0.4) is 0 Å². The Balaban J connectivity index is 0.00000139. The fraction of sp³-hybridized carbons (Fsp3) is 0.833. The topological polar surface area (TPSA) is 0 Å². The lowest BCUT2D eigenvalue weighted by Crippen LogP contribution is -2.18. The highest BCUT2D eigenvalue weighted by atomic mass is 14.3. The molecule has 2 aliphatic rings. The van der Waals surface area contributed by atoms with Gasteiger partial charge in [0.1, 0.15) is 0 Å². The maximum atomic E-state index is 4.00. The van der Waals surface area contributed by atoms with E-state index in [-0.39, 0.29) is 0 Å². The molecule has 0 N–H and O–H groups in total. The Hall–Kier alpha value is -0.700. The van der Waals surface area contributed by atoms with Gasteiger partial charge in [0, 0.05) is 0 Å². The Morgan fingerprint density at radius 2 is 1.50 bits per heavy atom. The Labute approximate surface area is 152 Å². The summed E-state index contributed by atoms with van der Waals surface area (Å²) < 4.78 is 0. The standard InChI is InChI=1S/C22H40.C2H2/c1-4-11-22(21-14-9-6-10-15-21)17-19(3)18(2)16-20-12-7-5-8-13-20;1-2/h17-18,20-22H,4-16H2,1-3H3;1-2H/b19-17-;. The Morgan fingerprint density at radius 3 is 2.04 bits per heavy atom. The van der Waals surface area contributed by atoms with Gasteiger partial charge in [0.05, 0.1) is 0 Å². The van der Waals surface area contributed by atoms with Crippen LogP contribution in [0.4, 0.5) is 0 Å². The van der Waals surface area contributed by atoms with Crippen molar-refractivity contribution in [2.24, 2.45) is 23.7 Å². The highest BCUT2D eigenvalue weighted by Gasteiger charge is 2.23. The van der Waals surface area contributed by atoms with Crippen LogP contribution in [0.5, 0.6) is 0 Å². The molecule has 0 aromatic heterocycles. The first-order valence-corrected chi connectivity index (χ1v) is 10.7. The quantitative estimate of drug-likeness (QED) is 0.330. The minimum Gasteiger partial charge on any atom is -0.124 e. The van der Waals surface area contributed by atoms with Crippen LogP contribution in [-0.2, 0) is 0 Å². The largest absolute Gasteiger partial charge is 0.124 e. The molecule has 0 bridgehead atoms. The third kappa shape index (κ3) is 7.46. The molecule has 0 heteroatoms. The van der Waals surface area contributed by atoms with Crippen LogP contribution in [-0.4, -0.2) is 0 Å². The Morgan fingerprint density at radius 1 is 0.958 bits per heavy atom. The third-order valence-electron chi connectivity index (χ3n) is 6.54. The summed E-state index contributed by atoms with van der Waals surface area (Å²) in [5.41, 5.74) is 1.70. The van der Waals surface area contributed by atoms with Gasteiger partial charge < -0.3 is 0 Å². The molecule has 0 aromatic carbocycles. The summed E-state index contributed by atoms with van der Waals surface area (Å²) in [5.74, 6) is 3.70. The van der Waals surface area contributed by atoms with Crippen LogP contribution in [0.25, 0.3) is 0 Å². The minimum atomic E-state index is 0.811. The lowest BCUT2D eigenvalue weighted by molar-refractivity contribution is 0.270. The average Bonchev–Trinajstić information content (AvgIpc) is 2.64. The zero-order valence-corrected chi connectivity index (χ0v) is 16.7. The Bertz CT molecular complexity index is 349. The molecule has 0 radical (unpaired) electrons. The molecule has 2 unspecified atom stereocenters. The predicted molar refractivity (Wildman–Crippen MR) is 109 cm³/mol. The van der Waals surface area contributed by atoms with Crippen LogP contribution in [0.2, 0.25) is 0 Å². The highest BCUT2D eigenvalue weighted by Crippen LogP contribution is 2.36. The summed E-state index contributed by atoms with van der Waals surface area (Å²) in [5, 5.41) is 0. The number of hydrogen-bond donors (Lipinski definition) is 0. The second-order valence-corrected chi connectivity index (χ2v) is 8.40. The molecular formula is C24H42. The molecular weight excluding hydrogens is 288 g/mol. The van der Waals surface area contributed by atoms with Gasteiger partial charge in [0.25, 0.3) is 0 Å². The summed E-state index contributed by atoms with van der Waals surface area (Å²) in [4.78, 5) is 0. The first-order chi connectivity index (χ1) is 11.7. The van der Waals surface area contributed by atoms with E-state index < -0.39 is 0 Å². The molecule has 0 aromatic rings. The van der Waals surface area contributed by atoms with E-state index >= 15 is 0 Å². The molecule has 2 atom stereocenters. The van der Waals surface area contributed by atoms with Crippen molar-refractivity contribution in [3.05, 3.63) is 11.6 Å². The summed E-state index contributed by atoms with van der Waals surface area (Å²) in [6.07, 6.45) is 29.8. The van der Waals surface area contributed by atoms with Crippen LogP contribution < -0.4 is 0 Å². The fourth-order valence-electron chi connectivity index (χ4n) is 4.96. The third-order valence-corrected chi connectivity index (χ3v) is 6.54. The minimum absolute atomic E-state index is 0.811. The van der Waals surface area contributed by atoms with Gasteiger partial charge in [-0.25, -0.2) is 0 Å². The van der Waals surface area contributed by atoms with E-state index in [4.69, 9.17) is 0 Å². The monoisotopic (exact) mass is 330 g/mol. The number of rotatable bonds is 7. The van der Waals surface area contributed by atoms with Gasteiger partial charge in [0.15, 0.2) is 0 Å². The van der Waals surface area contributed by atoms with Gasteiger partial charge in [-0.15, -0.1) is 12.8 Å². The molecule has 0 nitrogen and oxygen atoms in total. The molecule has 2 rings (SSSR count). The second kappa shape index (κ2) is 12.6. The van der Waals surface area contributed by atoms with Crippen LogP contribution in [0.1, 0.15) is 104 Å². The zero-order valence-electron chi connectivity index (χ0n) is 16.7. The molecule has 2 fully saturated rings. The van der Waals surface area contributed by atoms with Gasteiger partial charge >= 0.3 is 0 Å². The molecule has 2 saturated carbocycles. The molecule has 24 heavy (non-hydrogen) atoms. The number of hydrogen-bond acceptors (Lipinski definition) is 0. The number of allylic oxidation sites excluding steroid dienone is 2. The number of terminal acetylenes is 1. The first kappa shape index (κ1) is 21.3. The van der Waals surface area contributed by atoms with Gasteiger partial charge in [-0.1, -0.05) is 83.3 Å². The van der Waals surface area contributed by atoms with Gasteiger partial charge in [0.2, 0.25) is 0 Å². The molecule has 0 spiro atoms.